The highest BCUT2D eigenvalue weighted by Gasteiger charge is 2.38. The summed E-state index contributed by atoms with van der Waals surface area (Å²) in [7, 11) is 0. The molecule has 33 heavy (non-hydrogen) atoms. The molecule has 0 spiro atoms. The molecule has 0 radical (unpaired) electrons. The van der Waals surface area contributed by atoms with Gasteiger partial charge in [0.1, 0.15) is 0 Å². The molecule has 2 aromatic heterocycles. The third kappa shape index (κ3) is 4.44. The molecular formula is C24H26N6O3. The molecule has 1 unspecified atom stereocenters. The SMILES string of the molecule is O=C(C1CC(=O)N(c2ccccc2)C1)N1CCC(Cn2nc(-n3cccn3)ccc2=O)CC1. The number of rotatable bonds is 5. The first kappa shape index (κ1) is 21.1. The standard InChI is InChI=1S/C24H26N6O3/c31-22-8-7-21(29-12-4-11-25-29)26-30(22)16-18-9-13-27(14-10-18)24(33)19-15-23(32)28(17-19)20-5-2-1-3-6-20/h1-8,11-12,18-19H,9-10,13-17H2. The molecule has 1 atom stereocenters. The maximum absolute atomic E-state index is 13.1. The van der Waals surface area contributed by atoms with Crippen LogP contribution in [0.5, 0.6) is 0 Å². The van der Waals surface area contributed by atoms with Gasteiger partial charge in [0.15, 0.2) is 5.82 Å². The van der Waals surface area contributed by atoms with E-state index in [1.165, 1.54) is 10.7 Å². The van der Waals surface area contributed by atoms with Crippen molar-refractivity contribution in [3.8, 4) is 5.82 Å². The van der Waals surface area contributed by atoms with E-state index in [1.54, 1.807) is 34.1 Å². The first-order valence-electron chi connectivity index (χ1n) is 11.3. The largest absolute Gasteiger partial charge is 0.342 e. The van der Waals surface area contributed by atoms with Crippen molar-refractivity contribution < 1.29 is 9.59 Å². The Kier molecular flexibility index (Phi) is 5.77. The summed E-state index contributed by atoms with van der Waals surface area (Å²) in [5.74, 6) is 0.608. The third-order valence-corrected chi connectivity index (χ3v) is 6.49. The van der Waals surface area contributed by atoms with Gasteiger partial charge in [-0.25, -0.2) is 9.36 Å². The van der Waals surface area contributed by atoms with Gasteiger partial charge in [-0.3, -0.25) is 14.4 Å². The number of hydrogen-bond donors (Lipinski definition) is 0. The minimum absolute atomic E-state index is 0.00282. The van der Waals surface area contributed by atoms with Crippen LogP contribution in [0.3, 0.4) is 0 Å². The smallest absolute Gasteiger partial charge is 0.266 e. The van der Waals surface area contributed by atoms with E-state index < -0.39 is 0 Å². The molecule has 9 nitrogen and oxygen atoms in total. The third-order valence-electron chi connectivity index (χ3n) is 6.49. The van der Waals surface area contributed by atoms with E-state index in [-0.39, 0.29) is 35.6 Å². The fourth-order valence-corrected chi connectivity index (χ4v) is 4.66. The number of anilines is 1. The monoisotopic (exact) mass is 446 g/mol. The summed E-state index contributed by atoms with van der Waals surface area (Å²) in [4.78, 5) is 41.5. The van der Waals surface area contributed by atoms with Gasteiger partial charge in [0.25, 0.3) is 5.56 Å². The second kappa shape index (κ2) is 9.01. The zero-order chi connectivity index (χ0) is 22.8. The van der Waals surface area contributed by atoms with Crippen LogP contribution in [0.15, 0.2) is 65.7 Å². The van der Waals surface area contributed by atoms with Gasteiger partial charge in [0.05, 0.1) is 5.92 Å². The molecule has 0 saturated carbocycles. The first-order chi connectivity index (χ1) is 16.1. The highest BCUT2D eigenvalue weighted by molar-refractivity contribution is 6.00. The van der Waals surface area contributed by atoms with Gasteiger partial charge >= 0.3 is 0 Å². The van der Waals surface area contributed by atoms with E-state index in [2.05, 4.69) is 10.2 Å². The molecule has 2 aliphatic rings. The zero-order valence-corrected chi connectivity index (χ0v) is 18.3. The Hall–Kier alpha value is -3.75. The number of para-hydroxylation sites is 1. The molecule has 0 N–H and O–H groups in total. The highest BCUT2D eigenvalue weighted by atomic mass is 16.2. The summed E-state index contributed by atoms with van der Waals surface area (Å²) in [6.07, 6.45) is 5.31. The van der Waals surface area contributed by atoms with Crippen molar-refractivity contribution in [2.24, 2.45) is 11.8 Å². The van der Waals surface area contributed by atoms with E-state index in [0.29, 0.717) is 32.0 Å². The van der Waals surface area contributed by atoms with Gasteiger partial charge in [-0.2, -0.15) is 5.10 Å². The topological polar surface area (TPSA) is 93.3 Å². The molecule has 4 heterocycles. The summed E-state index contributed by atoms with van der Waals surface area (Å²) in [6, 6.07) is 14.5. The van der Waals surface area contributed by atoms with Crippen LogP contribution < -0.4 is 10.5 Å². The van der Waals surface area contributed by atoms with Crippen LogP contribution in [-0.2, 0) is 16.1 Å². The minimum Gasteiger partial charge on any atom is -0.342 e. The second-order valence-corrected chi connectivity index (χ2v) is 8.67. The Bertz CT molecular complexity index is 1180. The maximum atomic E-state index is 13.1. The van der Waals surface area contributed by atoms with Crippen molar-refractivity contribution in [1.82, 2.24) is 24.5 Å². The van der Waals surface area contributed by atoms with Crippen LogP contribution in [0, 0.1) is 11.8 Å². The molecule has 5 rings (SSSR count). The number of amides is 2. The second-order valence-electron chi connectivity index (χ2n) is 8.67. The molecule has 0 aliphatic carbocycles. The number of carbonyl (C=O) groups is 2. The van der Waals surface area contributed by atoms with Gasteiger partial charge in [0, 0.05) is 56.7 Å². The van der Waals surface area contributed by atoms with Crippen molar-refractivity contribution >= 4 is 17.5 Å². The fourth-order valence-electron chi connectivity index (χ4n) is 4.66. The summed E-state index contributed by atoms with van der Waals surface area (Å²) in [6.45, 7) is 2.21. The van der Waals surface area contributed by atoms with Crippen LogP contribution in [0.1, 0.15) is 19.3 Å². The molecule has 0 bridgehead atoms. The Morgan fingerprint density at radius 2 is 1.79 bits per heavy atom. The van der Waals surface area contributed by atoms with Crippen molar-refractivity contribution in [2.45, 2.75) is 25.8 Å². The number of benzene rings is 1. The van der Waals surface area contributed by atoms with Gasteiger partial charge in [0.2, 0.25) is 11.8 Å². The summed E-state index contributed by atoms with van der Waals surface area (Å²) >= 11 is 0. The molecule has 2 saturated heterocycles. The van der Waals surface area contributed by atoms with E-state index >= 15 is 0 Å². The summed E-state index contributed by atoms with van der Waals surface area (Å²) in [5, 5.41) is 8.62. The quantitative estimate of drug-likeness (QED) is 0.595. The lowest BCUT2D eigenvalue weighted by Crippen LogP contribution is -2.43. The fraction of sp³-hybridized carbons (Fsp3) is 0.375. The highest BCUT2D eigenvalue weighted by Crippen LogP contribution is 2.28. The number of piperidine rings is 1. The minimum atomic E-state index is -0.302. The van der Waals surface area contributed by atoms with Crippen molar-refractivity contribution in [3.05, 3.63) is 71.3 Å². The lowest BCUT2D eigenvalue weighted by atomic mass is 9.95. The predicted molar refractivity (Wildman–Crippen MR) is 122 cm³/mol. The van der Waals surface area contributed by atoms with Crippen LogP contribution in [0.4, 0.5) is 5.69 Å². The molecule has 2 fully saturated rings. The van der Waals surface area contributed by atoms with Gasteiger partial charge < -0.3 is 9.80 Å². The lowest BCUT2D eigenvalue weighted by Gasteiger charge is -2.33. The maximum Gasteiger partial charge on any atom is 0.266 e. The van der Waals surface area contributed by atoms with Crippen molar-refractivity contribution in [2.75, 3.05) is 24.5 Å². The van der Waals surface area contributed by atoms with Crippen LogP contribution in [0.2, 0.25) is 0 Å². The normalized spacial score (nSPS) is 19.3. The lowest BCUT2D eigenvalue weighted by molar-refractivity contribution is -0.137. The molecular weight excluding hydrogens is 420 g/mol. The van der Waals surface area contributed by atoms with Crippen LogP contribution in [-0.4, -0.2) is 55.9 Å². The number of hydrogen-bond acceptors (Lipinski definition) is 5. The average Bonchev–Trinajstić information content (AvgIpc) is 3.51. The first-order valence-corrected chi connectivity index (χ1v) is 11.3. The van der Waals surface area contributed by atoms with E-state index in [0.717, 1.165) is 18.5 Å². The van der Waals surface area contributed by atoms with Crippen LogP contribution in [0.25, 0.3) is 5.82 Å². The van der Waals surface area contributed by atoms with Crippen molar-refractivity contribution in [3.63, 3.8) is 0 Å². The Morgan fingerprint density at radius 3 is 2.52 bits per heavy atom. The number of aromatic nitrogens is 4. The Balaban J connectivity index is 1.18. The van der Waals surface area contributed by atoms with E-state index in [1.807, 2.05) is 35.2 Å². The predicted octanol–water partition coefficient (Wildman–Crippen LogP) is 1.72. The average molecular weight is 447 g/mol. The molecule has 9 heteroatoms. The molecule has 1 aromatic carbocycles. The number of carbonyl (C=O) groups excluding carboxylic acids is 2. The van der Waals surface area contributed by atoms with Crippen molar-refractivity contribution in [1.29, 1.82) is 0 Å². The van der Waals surface area contributed by atoms with E-state index in [4.69, 9.17) is 0 Å². The van der Waals surface area contributed by atoms with Gasteiger partial charge in [-0.1, -0.05) is 18.2 Å². The number of nitrogens with zero attached hydrogens (tertiary/aromatic N) is 6. The molecule has 3 aromatic rings. The Morgan fingerprint density at radius 1 is 1.00 bits per heavy atom. The molecule has 2 amide bonds. The number of likely N-dealkylation sites (tertiary alicyclic amines) is 1. The summed E-state index contributed by atoms with van der Waals surface area (Å²) in [5.41, 5.74) is 0.696. The molecule has 2 aliphatic heterocycles. The molecule has 170 valence electrons. The van der Waals surface area contributed by atoms with Gasteiger partial charge in [-0.15, -0.1) is 5.10 Å². The van der Waals surface area contributed by atoms with Crippen LogP contribution >= 0.6 is 0 Å². The summed E-state index contributed by atoms with van der Waals surface area (Å²) < 4.78 is 3.12. The zero-order valence-electron chi connectivity index (χ0n) is 18.3. The Labute approximate surface area is 191 Å². The van der Waals surface area contributed by atoms with E-state index in [9.17, 15) is 14.4 Å². The van der Waals surface area contributed by atoms with Gasteiger partial charge in [-0.05, 0) is 43.0 Å².